The van der Waals surface area contributed by atoms with Crippen molar-refractivity contribution in [1.82, 2.24) is 4.90 Å². The van der Waals surface area contributed by atoms with Crippen LogP contribution in [0.4, 0.5) is 0 Å². The topological polar surface area (TPSA) is 3.24 Å². The van der Waals surface area contributed by atoms with Crippen LogP contribution in [-0.2, 0) is 6.42 Å². The number of hydrogen-bond donors (Lipinski definition) is 1. The van der Waals surface area contributed by atoms with E-state index in [0.717, 1.165) is 24.2 Å². The van der Waals surface area contributed by atoms with Crippen molar-refractivity contribution in [3.05, 3.63) is 77.1 Å². The van der Waals surface area contributed by atoms with Crippen LogP contribution >= 0.6 is 12.6 Å². The standard InChI is InChI=1S/C24H31NS/c1-18(2)23-17-20(12-13-24(23)26)16-19(3)21-8-6-10-22(11-7-9-21)25-14-4-5-15-25/h6,9-13,17-18,26H,3-5,7-8,14-16H2,1-2H3/b10-6-,21-9+,22-11+. The minimum atomic E-state index is 0.494. The third kappa shape index (κ3) is 4.73. The maximum absolute atomic E-state index is 4.59. The lowest BCUT2D eigenvalue weighted by Gasteiger charge is -2.20. The van der Waals surface area contributed by atoms with Crippen LogP contribution in [0, 0.1) is 0 Å². The van der Waals surface area contributed by atoms with Crippen LogP contribution in [0.3, 0.4) is 0 Å². The van der Waals surface area contributed by atoms with Crippen molar-refractivity contribution in [1.29, 1.82) is 0 Å². The summed E-state index contributed by atoms with van der Waals surface area (Å²) in [7, 11) is 0. The lowest BCUT2D eigenvalue weighted by atomic mass is 9.93. The maximum atomic E-state index is 4.59. The molecule has 1 aromatic rings. The van der Waals surface area contributed by atoms with Crippen LogP contribution in [-0.4, -0.2) is 18.0 Å². The van der Waals surface area contributed by atoms with Crippen molar-refractivity contribution in [2.45, 2.75) is 56.8 Å². The molecule has 2 aliphatic rings. The summed E-state index contributed by atoms with van der Waals surface area (Å²) in [6, 6.07) is 6.60. The molecule has 0 bridgehead atoms. The van der Waals surface area contributed by atoms with Gasteiger partial charge in [-0.2, -0.15) is 0 Å². The Balaban J connectivity index is 1.68. The molecule has 0 unspecified atom stereocenters. The van der Waals surface area contributed by atoms with Crippen LogP contribution in [0.2, 0.25) is 0 Å². The number of likely N-dealkylation sites (tertiary alicyclic amines) is 1. The monoisotopic (exact) mass is 365 g/mol. The second-order valence-corrected chi connectivity index (χ2v) is 8.20. The number of nitrogens with zero attached hydrogens (tertiary/aromatic N) is 1. The number of thiol groups is 1. The van der Waals surface area contributed by atoms with Gasteiger partial charge in [0.05, 0.1) is 0 Å². The molecule has 2 heteroatoms. The quantitative estimate of drug-likeness (QED) is 0.587. The predicted octanol–water partition coefficient (Wildman–Crippen LogP) is 6.45. The van der Waals surface area contributed by atoms with E-state index in [-0.39, 0.29) is 0 Å². The first-order valence-electron chi connectivity index (χ1n) is 9.85. The van der Waals surface area contributed by atoms with E-state index in [9.17, 15) is 0 Å². The third-order valence-corrected chi connectivity index (χ3v) is 5.78. The summed E-state index contributed by atoms with van der Waals surface area (Å²) < 4.78 is 0. The SMILES string of the molecule is C=C(Cc1ccc(S)c(C(C)C)c1)/C1=C/C/C=C(N2CCCC2)\C=C/C1. The smallest absolute Gasteiger partial charge is 0.0325 e. The summed E-state index contributed by atoms with van der Waals surface area (Å²) in [5.41, 5.74) is 6.66. The molecule has 0 spiro atoms. The first kappa shape index (κ1) is 19.1. The highest BCUT2D eigenvalue weighted by Crippen LogP contribution is 2.27. The van der Waals surface area contributed by atoms with Crippen LogP contribution in [0.15, 0.2) is 70.8 Å². The fraction of sp³-hybridized carbons (Fsp3) is 0.417. The van der Waals surface area contributed by atoms with Crippen molar-refractivity contribution in [3.63, 3.8) is 0 Å². The first-order valence-corrected chi connectivity index (χ1v) is 10.3. The summed E-state index contributed by atoms with van der Waals surface area (Å²) in [6.45, 7) is 11.2. The Kier molecular flexibility index (Phi) is 6.48. The van der Waals surface area contributed by atoms with Gasteiger partial charge in [-0.3, -0.25) is 0 Å². The molecule has 0 N–H and O–H groups in total. The van der Waals surface area contributed by atoms with Gasteiger partial charge in [-0.1, -0.05) is 50.8 Å². The van der Waals surface area contributed by atoms with Crippen molar-refractivity contribution >= 4 is 12.6 Å². The molecule has 0 saturated carbocycles. The minimum absolute atomic E-state index is 0.494. The van der Waals surface area contributed by atoms with E-state index in [0.29, 0.717) is 5.92 Å². The van der Waals surface area contributed by atoms with Gasteiger partial charge in [0.15, 0.2) is 0 Å². The van der Waals surface area contributed by atoms with E-state index < -0.39 is 0 Å². The van der Waals surface area contributed by atoms with Crippen molar-refractivity contribution < 1.29 is 0 Å². The lowest BCUT2D eigenvalue weighted by Crippen LogP contribution is -2.17. The van der Waals surface area contributed by atoms with Gasteiger partial charge >= 0.3 is 0 Å². The van der Waals surface area contributed by atoms with Crippen LogP contribution in [0.1, 0.15) is 56.6 Å². The highest BCUT2D eigenvalue weighted by molar-refractivity contribution is 7.80. The van der Waals surface area contributed by atoms with E-state index in [2.05, 4.69) is 80.5 Å². The molecule has 1 fully saturated rings. The summed E-state index contributed by atoms with van der Waals surface area (Å²) in [6.07, 6.45) is 14.9. The molecule has 1 aliphatic heterocycles. The van der Waals surface area contributed by atoms with E-state index in [1.165, 1.54) is 53.9 Å². The summed E-state index contributed by atoms with van der Waals surface area (Å²) in [4.78, 5) is 3.60. The van der Waals surface area contributed by atoms with Gasteiger partial charge in [-0.05, 0) is 72.4 Å². The molecule has 0 amide bonds. The summed E-state index contributed by atoms with van der Waals surface area (Å²) >= 11 is 4.59. The first-order chi connectivity index (χ1) is 12.5. The van der Waals surface area contributed by atoms with E-state index >= 15 is 0 Å². The fourth-order valence-corrected chi connectivity index (χ4v) is 4.21. The average Bonchev–Trinajstić information content (AvgIpc) is 3.10. The number of rotatable bonds is 5. The Labute approximate surface area is 164 Å². The van der Waals surface area contributed by atoms with Crippen molar-refractivity contribution in [2.24, 2.45) is 0 Å². The van der Waals surface area contributed by atoms with E-state index in [1.807, 2.05) is 0 Å². The van der Waals surface area contributed by atoms with E-state index in [4.69, 9.17) is 0 Å². The minimum Gasteiger partial charge on any atom is -0.372 e. The molecule has 26 heavy (non-hydrogen) atoms. The van der Waals surface area contributed by atoms with Crippen LogP contribution in [0.25, 0.3) is 0 Å². The van der Waals surface area contributed by atoms with Crippen molar-refractivity contribution in [3.8, 4) is 0 Å². The molecule has 1 heterocycles. The van der Waals surface area contributed by atoms with Crippen molar-refractivity contribution in [2.75, 3.05) is 13.1 Å². The zero-order valence-electron chi connectivity index (χ0n) is 16.2. The zero-order valence-corrected chi connectivity index (χ0v) is 17.1. The van der Waals surface area contributed by atoms with Gasteiger partial charge in [0.1, 0.15) is 0 Å². The predicted molar refractivity (Wildman–Crippen MR) is 116 cm³/mol. The third-order valence-electron chi connectivity index (χ3n) is 5.37. The molecule has 0 atom stereocenters. The maximum Gasteiger partial charge on any atom is 0.0325 e. The molecule has 1 saturated heterocycles. The zero-order chi connectivity index (χ0) is 18.5. The molecular formula is C24H31NS. The lowest BCUT2D eigenvalue weighted by molar-refractivity contribution is 0.438. The molecule has 138 valence electrons. The molecule has 0 radical (unpaired) electrons. The Hall–Kier alpha value is -1.67. The molecular weight excluding hydrogens is 334 g/mol. The Morgan fingerprint density at radius 3 is 2.69 bits per heavy atom. The molecule has 1 aliphatic carbocycles. The normalized spacial score (nSPS) is 23.0. The van der Waals surface area contributed by atoms with Gasteiger partial charge in [-0.25, -0.2) is 0 Å². The second kappa shape index (κ2) is 8.81. The molecule has 1 nitrogen and oxygen atoms in total. The Morgan fingerprint density at radius 2 is 1.96 bits per heavy atom. The Bertz CT molecular complexity index is 745. The molecule has 3 rings (SSSR count). The van der Waals surface area contributed by atoms with E-state index in [1.54, 1.807) is 0 Å². The average molecular weight is 366 g/mol. The van der Waals surface area contributed by atoms with Gasteiger partial charge in [-0.15, -0.1) is 12.6 Å². The van der Waals surface area contributed by atoms with Gasteiger partial charge in [0, 0.05) is 23.7 Å². The molecule has 1 aromatic carbocycles. The van der Waals surface area contributed by atoms with Gasteiger partial charge in [0.2, 0.25) is 0 Å². The largest absolute Gasteiger partial charge is 0.372 e. The Morgan fingerprint density at radius 1 is 1.19 bits per heavy atom. The number of hydrogen-bond acceptors (Lipinski definition) is 2. The highest BCUT2D eigenvalue weighted by atomic mass is 32.1. The fourth-order valence-electron chi connectivity index (χ4n) is 3.81. The number of allylic oxidation sites excluding steroid dienone is 6. The highest BCUT2D eigenvalue weighted by Gasteiger charge is 2.14. The molecule has 0 aromatic heterocycles. The van der Waals surface area contributed by atoms with Crippen LogP contribution in [0.5, 0.6) is 0 Å². The number of benzene rings is 1. The second-order valence-electron chi connectivity index (χ2n) is 7.72. The van der Waals surface area contributed by atoms with Crippen LogP contribution < -0.4 is 0 Å². The van der Waals surface area contributed by atoms with Gasteiger partial charge < -0.3 is 4.90 Å². The van der Waals surface area contributed by atoms with Gasteiger partial charge in [0.25, 0.3) is 0 Å². The summed E-state index contributed by atoms with van der Waals surface area (Å²) in [5.74, 6) is 0.494. The summed E-state index contributed by atoms with van der Waals surface area (Å²) in [5, 5.41) is 0.